The van der Waals surface area contributed by atoms with Crippen molar-refractivity contribution >= 4 is 5.95 Å². The van der Waals surface area contributed by atoms with Crippen LogP contribution < -0.4 is 5.32 Å². The Morgan fingerprint density at radius 1 is 1.47 bits per heavy atom. The largest absolute Gasteiger partial charge is 0.379 e. The molecule has 1 N–H and O–H groups in total. The minimum Gasteiger partial charge on any atom is -0.379 e. The van der Waals surface area contributed by atoms with Gasteiger partial charge in [-0.3, -0.25) is 0 Å². The van der Waals surface area contributed by atoms with Crippen molar-refractivity contribution in [3.63, 3.8) is 0 Å². The maximum Gasteiger partial charge on any atom is 0.222 e. The van der Waals surface area contributed by atoms with Crippen LogP contribution in [-0.4, -0.2) is 29.7 Å². The molecule has 0 aromatic carbocycles. The SMILES string of the molecule is Cc1ccnc(NCCOCC(C)C)n1. The Balaban J connectivity index is 2.15. The van der Waals surface area contributed by atoms with Gasteiger partial charge >= 0.3 is 0 Å². The average molecular weight is 209 g/mol. The van der Waals surface area contributed by atoms with Gasteiger partial charge in [0.05, 0.1) is 6.61 Å². The number of anilines is 1. The molecule has 0 aliphatic rings. The standard InChI is InChI=1S/C11H19N3O/c1-9(2)8-15-7-6-13-11-12-5-4-10(3)14-11/h4-5,9H,6-8H2,1-3H3,(H,12,13,14). The second kappa shape index (κ2) is 6.35. The first kappa shape index (κ1) is 11.9. The van der Waals surface area contributed by atoms with Gasteiger partial charge < -0.3 is 10.1 Å². The first-order valence-electron chi connectivity index (χ1n) is 5.29. The van der Waals surface area contributed by atoms with Crippen LogP contribution >= 0.6 is 0 Å². The van der Waals surface area contributed by atoms with E-state index < -0.39 is 0 Å². The number of ether oxygens (including phenoxy) is 1. The van der Waals surface area contributed by atoms with Gasteiger partial charge in [0.15, 0.2) is 0 Å². The molecule has 0 atom stereocenters. The van der Waals surface area contributed by atoms with Gasteiger partial charge in [0.1, 0.15) is 0 Å². The fourth-order valence-electron chi connectivity index (χ4n) is 1.09. The van der Waals surface area contributed by atoms with E-state index in [1.165, 1.54) is 0 Å². The van der Waals surface area contributed by atoms with Gasteiger partial charge in [-0.05, 0) is 18.9 Å². The highest BCUT2D eigenvalue weighted by molar-refractivity contribution is 5.24. The first-order chi connectivity index (χ1) is 7.18. The number of aryl methyl sites for hydroxylation is 1. The monoisotopic (exact) mass is 209 g/mol. The molecule has 0 fully saturated rings. The molecule has 0 unspecified atom stereocenters. The molecular formula is C11H19N3O. The average Bonchev–Trinajstić information content (AvgIpc) is 2.17. The molecule has 0 saturated carbocycles. The molecule has 0 radical (unpaired) electrons. The van der Waals surface area contributed by atoms with Crippen LogP contribution in [0.15, 0.2) is 12.3 Å². The summed E-state index contributed by atoms with van der Waals surface area (Å²) in [7, 11) is 0. The van der Waals surface area contributed by atoms with Crippen LogP contribution in [0, 0.1) is 12.8 Å². The van der Waals surface area contributed by atoms with Crippen LogP contribution in [0.2, 0.25) is 0 Å². The van der Waals surface area contributed by atoms with Gasteiger partial charge in [0.2, 0.25) is 5.95 Å². The topological polar surface area (TPSA) is 47.0 Å². The highest BCUT2D eigenvalue weighted by Crippen LogP contribution is 1.98. The van der Waals surface area contributed by atoms with E-state index in [9.17, 15) is 0 Å². The zero-order valence-corrected chi connectivity index (χ0v) is 9.66. The zero-order valence-electron chi connectivity index (χ0n) is 9.66. The van der Waals surface area contributed by atoms with E-state index in [2.05, 4.69) is 29.1 Å². The molecule has 0 aliphatic carbocycles. The van der Waals surface area contributed by atoms with Crippen molar-refractivity contribution in [3.8, 4) is 0 Å². The molecule has 84 valence electrons. The third-order valence-corrected chi connectivity index (χ3v) is 1.78. The van der Waals surface area contributed by atoms with Crippen LogP contribution in [0.5, 0.6) is 0 Å². The fraction of sp³-hybridized carbons (Fsp3) is 0.636. The van der Waals surface area contributed by atoms with Crippen LogP contribution in [-0.2, 0) is 4.74 Å². The van der Waals surface area contributed by atoms with Crippen molar-refractivity contribution in [2.45, 2.75) is 20.8 Å². The Labute approximate surface area is 91.1 Å². The maximum absolute atomic E-state index is 5.43. The molecule has 0 amide bonds. The highest BCUT2D eigenvalue weighted by atomic mass is 16.5. The summed E-state index contributed by atoms with van der Waals surface area (Å²) in [6, 6.07) is 1.88. The van der Waals surface area contributed by atoms with Crippen molar-refractivity contribution in [2.75, 3.05) is 25.1 Å². The van der Waals surface area contributed by atoms with Crippen molar-refractivity contribution < 1.29 is 4.74 Å². The van der Waals surface area contributed by atoms with Crippen molar-refractivity contribution in [1.29, 1.82) is 0 Å². The van der Waals surface area contributed by atoms with Crippen LogP contribution in [0.3, 0.4) is 0 Å². The zero-order chi connectivity index (χ0) is 11.1. The minimum atomic E-state index is 0.584. The number of hydrogen-bond acceptors (Lipinski definition) is 4. The van der Waals surface area contributed by atoms with Gasteiger partial charge in [-0.1, -0.05) is 13.8 Å². The summed E-state index contributed by atoms with van der Waals surface area (Å²) < 4.78 is 5.43. The van der Waals surface area contributed by atoms with Crippen molar-refractivity contribution in [1.82, 2.24) is 9.97 Å². The van der Waals surface area contributed by atoms with E-state index in [1.54, 1.807) is 6.20 Å². The van der Waals surface area contributed by atoms with Crippen LogP contribution in [0.25, 0.3) is 0 Å². The number of nitrogens with one attached hydrogen (secondary N) is 1. The third kappa shape index (κ3) is 5.32. The molecule has 0 spiro atoms. The second-order valence-electron chi connectivity index (χ2n) is 3.92. The van der Waals surface area contributed by atoms with Crippen molar-refractivity contribution in [2.24, 2.45) is 5.92 Å². The summed E-state index contributed by atoms with van der Waals surface area (Å²) in [6.07, 6.45) is 1.75. The number of hydrogen-bond donors (Lipinski definition) is 1. The maximum atomic E-state index is 5.43. The molecule has 4 nitrogen and oxygen atoms in total. The lowest BCUT2D eigenvalue weighted by Gasteiger charge is -2.07. The summed E-state index contributed by atoms with van der Waals surface area (Å²) in [5.74, 6) is 1.25. The predicted octanol–water partition coefficient (Wildman–Crippen LogP) is 1.87. The molecule has 0 saturated heterocycles. The molecular weight excluding hydrogens is 190 g/mol. The third-order valence-electron chi connectivity index (χ3n) is 1.78. The molecule has 1 rings (SSSR count). The van der Waals surface area contributed by atoms with E-state index in [4.69, 9.17) is 4.74 Å². The molecule has 1 aromatic rings. The Morgan fingerprint density at radius 2 is 2.27 bits per heavy atom. The van der Waals surface area contributed by atoms with E-state index in [0.29, 0.717) is 18.5 Å². The van der Waals surface area contributed by atoms with E-state index in [0.717, 1.165) is 18.8 Å². The predicted molar refractivity (Wildman–Crippen MR) is 60.9 cm³/mol. The minimum absolute atomic E-state index is 0.584. The van der Waals surface area contributed by atoms with Gasteiger partial charge in [-0.2, -0.15) is 0 Å². The van der Waals surface area contributed by atoms with Gasteiger partial charge in [-0.25, -0.2) is 9.97 Å². The lowest BCUT2D eigenvalue weighted by atomic mass is 10.2. The number of rotatable bonds is 6. The number of aromatic nitrogens is 2. The van der Waals surface area contributed by atoms with E-state index in [-0.39, 0.29) is 0 Å². The quantitative estimate of drug-likeness (QED) is 0.726. The molecule has 0 bridgehead atoms. The van der Waals surface area contributed by atoms with Crippen LogP contribution in [0.1, 0.15) is 19.5 Å². The number of nitrogens with zero attached hydrogens (tertiary/aromatic N) is 2. The molecule has 1 heterocycles. The second-order valence-corrected chi connectivity index (χ2v) is 3.92. The van der Waals surface area contributed by atoms with Gasteiger partial charge in [0.25, 0.3) is 0 Å². The summed E-state index contributed by atoms with van der Waals surface area (Å²) >= 11 is 0. The van der Waals surface area contributed by atoms with Gasteiger partial charge in [0, 0.05) is 25.0 Å². The highest BCUT2D eigenvalue weighted by Gasteiger charge is 1.96. The normalized spacial score (nSPS) is 10.7. The Bertz CT molecular complexity index is 289. The smallest absolute Gasteiger partial charge is 0.222 e. The van der Waals surface area contributed by atoms with Gasteiger partial charge in [-0.15, -0.1) is 0 Å². The first-order valence-corrected chi connectivity index (χ1v) is 5.29. The molecule has 1 aromatic heterocycles. The summed E-state index contributed by atoms with van der Waals surface area (Å²) in [4.78, 5) is 8.32. The fourth-order valence-corrected chi connectivity index (χ4v) is 1.09. The lowest BCUT2D eigenvalue weighted by molar-refractivity contribution is 0.118. The molecule has 0 aliphatic heterocycles. The van der Waals surface area contributed by atoms with E-state index in [1.807, 2.05) is 13.0 Å². The summed E-state index contributed by atoms with van der Waals surface area (Å²) in [5, 5.41) is 3.11. The van der Waals surface area contributed by atoms with Crippen LogP contribution in [0.4, 0.5) is 5.95 Å². The Morgan fingerprint density at radius 3 is 2.93 bits per heavy atom. The van der Waals surface area contributed by atoms with E-state index >= 15 is 0 Å². The molecule has 15 heavy (non-hydrogen) atoms. The summed E-state index contributed by atoms with van der Waals surface area (Å²) in [6.45, 7) is 8.46. The summed E-state index contributed by atoms with van der Waals surface area (Å²) in [5.41, 5.74) is 0.968. The Hall–Kier alpha value is -1.16. The van der Waals surface area contributed by atoms with Crippen molar-refractivity contribution in [3.05, 3.63) is 18.0 Å². The Kier molecular flexibility index (Phi) is 5.04. The lowest BCUT2D eigenvalue weighted by Crippen LogP contribution is -2.13. The molecule has 4 heteroatoms.